The Morgan fingerprint density at radius 1 is 1.44 bits per heavy atom. The molecule has 0 bridgehead atoms. The second-order valence-electron chi connectivity index (χ2n) is 6.17. The highest BCUT2D eigenvalue weighted by molar-refractivity contribution is 8.18. The van der Waals surface area contributed by atoms with Crippen LogP contribution < -0.4 is 11.1 Å². The van der Waals surface area contributed by atoms with Crippen molar-refractivity contribution in [3.8, 4) is 0 Å². The van der Waals surface area contributed by atoms with E-state index in [2.05, 4.69) is 20.3 Å². The number of carbonyl (C=O) groups excluding carboxylic acids is 2. The number of hydrogen-bond donors (Lipinski definition) is 4. The Bertz CT molecular complexity index is 1010. The lowest BCUT2D eigenvalue weighted by Gasteiger charge is -2.49. The highest BCUT2D eigenvalue weighted by Gasteiger charge is 2.54. The van der Waals surface area contributed by atoms with Gasteiger partial charge in [-0.1, -0.05) is 5.16 Å². The quantitative estimate of drug-likeness (QED) is 0.143. The van der Waals surface area contributed by atoms with Crippen LogP contribution in [0.25, 0.3) is 0 Å². The standard InChI is InChI=1S/C16H17N5O7S4/c1-29-5-32-7-4-30-14-10(13(25)21(14)11(7)15(26)27)19-12(24)9(20-28-2-8(22)23)6-3-31-16(17)18-6/h3,10,14H,2,4-5H2,1H3,(H2,17,18)(H,19,24)(H,22,23)(H,26,27)/b20-9+/t10-,14-/m1/s1. The minimum atomic E-state index is -1.29. The molecule has 2 atom stereocenters. The van der Waals surface area contributed by atoms with Crippen molar-refractivity contribution < 1.29 is 34.2 Å². The van der Waals surface area contributed by atoms with Gasteiger partial charge in [0, 0.05) is 21.1 Å². The van der Waals surface area contributed by atoms with Crippen LogP contribution in [0, 0.1) is 0 Å². The molecule has 0 aliphatic carbocycles. The van der Waals surface area contributed by atoms with E-state index >= 15 is 0 Å². The van der Waals surface area contributed by atoms with E-state index < -0.39 is 41.8 Å². The number of anilines is 1. The number of rotatable bonds is 10. The van der Waals surface area contributed by atoms with Crippen molar-refractivity contribution in [2.75, 3.05) is 29.4 Å². The molecule has 2 aliphatic heterocycles. The predicted octanol–water partition coefficient (Wildman–Crippen LogP) is 0.280. The van der Waals surface area contributed by atoms with Crippen LogP contribution in [0.1, 0.15) is 5.69 Å². The first-order chi connectivity index (χ1) is 15.2. The number of carboxylic acids is 2. The topological polar surface area (TPSA) is 185 Å². The third-order valence-electron chi connectivity index (χ3n) is 4.10. The van der Waals surface area contributed by atoms with E-state index in [9.17, 15) is 24.3 Å². The molecule has 2 amide bonds. The SMILES string of the molecule is CSCSC1=C(C(=O)O)N2C(=O)[C@@H](NC(=O)/C(=N/OCC(=O)O)c3csc(N)n3)[C@H]2SC1. The molecule has 2 aliphatic rings. The number of aliphatic carboxylic acids is 2. The molecule has 0 aromatic carbocycles. The fourth-order valence-corrected chi connectivity index (χ4v) is 6.44. The fraction of sp³-hybridized carbons (Fsp3) is 0.375. The number of oxime groups is 1. The maximum absolute atomic E-state index is 12.8. The number of carboxylic acid groups (broad SMARTS) is 2. The average Bonchev–Trinajstić information content (AvgIpc) is 3.17. The van der Waals surface area contributed by atoms with Gasteiger partial charge < -0.3 is 26.1 Å². The number of nitrogen functional groups attached to an aromatic ring is 1. The highest BCUT2D eigenvalue weighted by atomic mass is 32.2. The summed E-state index contributed by atoms with van der Waals surface area (Å²) in [4.78, 5) is 58.4. The van der Waals surface area contributed by atoms with Crippen LogP contribution in [0.2, 0.25) is 0 Å². The molecule has 3 heterocycles. The summed E-state index contributed by atoms with van der Waals surface area (Å²) in [7, 11) is 0. The lowest BCUT2D eigenvalue weighted by Crippen LogP contribution is -2.71. The molecular formula is C16H17N5O7S4. The van der Waals surface area contributed by atoms with Gasteiger partial charge in [0.25, 0.3) is 11.8 Å². The number of amides is 2. The van der Waals surface area contributed by atoms with Gasteiger partial charge in [-0.05, 0) is 6.26 Å². The Hall–Kier alpha value is -2.43. The molecule has 0 radical (unpaired) electrons. The summed E-state index contributed by atoms with van der Waals surface area (Å²) in [6.45, 7) is -0.783. The molecule has 3 rings (SSSR count). The Morgan fingerprint density at radius 3 is 2.78 bits per heavy atom. The molecule has 5 N–H and O–H groups in total. The van der Waals surface area contributed by atoms with Crippen molar-refractivity contribution >= 4 is 81.2 Å². The number of nitrogens with one attached hydrogen (secondary N) is 1. The number of hydrogen-bond acceptors (Lipinski definition) is 12. The Kier molecular flexibility index (Phi) is 7.91. The first-order valence-corrected chi connectivity index (χ1v) is 13.0. The van der Waals surface area contributed by atoms with Gasteiger partial charge in [-0.3, -0.25) is 14.5 Å². The third-order valence-corrected chi connectivity index (χ3v) is 8.33. The van der Waals surface area contributed by atoms with Crippen molar-refractivity contribution in [1.82, 2.24) is 15.2 Å². The number of carbonyl (C=O) groups is 4. The second-order valence-corrected chi connectivity index (χ2v) is 10.5. The lowest BCUT2D eigenvalue weighted by atomic mass is 10.0. The number of nitrogens with two attached hydrogens (primary N) is 1. The van der Waals surface area contributed by atoms with Crippen LogP contribution in [-0.4, -0.2) is 84.7 Å². The van der Waals surface area contributed by atoms with E-state index in [1.165, 1.54) is 33.8 Å². The number of aromatic nitrogens is 1. The molecule has 0 spiro atoms. The van der Waals surface area contributed by atoms with E-state index in [0.29, 0.717) is 15.7 Å². The number of fused-ring (bicyclic) bond motifs is 1. The Labute approximate surface area is 198 Å². The van der Waals surface area contributed by atoms with Gasteiger partial charge >= 0.3 is 11.9 Å². The normalized spacial score (nSPS) is 20.5. The van der Waals surface area contributed by atoms with Gasteiger partial charge in [0.05, 0.1) is 0 Å². The molecule has 1 aromatic rings. The van der Waals surface area contributed by atoms with Gasteiger partial charge in [0.2, 0.25) is 6.61 Å². The first kappa shape index (κ1) is 24.2. The van der Waals surface area contributed by atoms with Gasteiger partial charge in [-0.15, -0.1) is 34.9 Å². The van der Waals surface area contributed by atoms with Crippen LogP contribution in [0.5, 0.6) is 0 Å². The summed E-state index contributed by atoms with van der Waals surface area (Å²) in [6.07, 6.45) is 1.89. The van der Waals surface area contributed by atoms with Crippen LogP contribution in [-0.2, 0) is 24.0 Å². The summed E-state index contributed by atoms with van der Waals surface area (Å²) < 4.78 is 0. The van der Waals surface area contributed by atoms with Crippen molar-refractivity contribution in [2.24, 2.45) is 5.16 Å². The van der Waals surface area contributed by atoms with Gasteiger partial charge in [-0.2, -0.15) is 11.8 Å². The molecule has 1 saturated heterocycles. The van der Waals surface area contributed by atoms with Gasteiger partial charge in [0.15, 0.2) is 10.8 Å². The van der Waals surface area contributed by atoms with E-state index in [0.717, 1.165) is 11.3 Å². The zero-order valence-electron chi connectivity index (χ0n) is 16.3. The van der Waals surface area contributed by atoms with Crippen LogP contribution in [0.4, 0.5) is 5.13 Å². The molecule has 0 unspecified atom stereocenters. The first-order valence-electron chi connectivity index (χ1n) is 8.71. The van der Waals surface area contributed by atoms with Crippen molar-refractivity contribution in [2.45, 2.75) is 11.4 Å². The maximum Gasteiger partial charge on any atom is 0.353 e. The molecular weight excluding hydrogens is 502 g/mol. The van der Waals surface area contributed by atoms with Crippen LogP contribution in [0.15, 0.2) is 21.1 Å². The molecule has 16 heteroatoms. The van der Waals surface area contributed by atoms with Gasteiger partial charge in [0.1, 0.15) is 22.8 Å². The summed E-state index contributed by atoms with van der Waals surface area (Å²) in [5.74, 6) is -3.52. The molecule has 172 valence electrons. The minimum absolute atomic E-state index is 0.0530. The average molecular weight is 520 g/mol. The lowest BCUT2D eigenvalue weighted by molar-refractivity contribution is -0.150. The van der Waals surface area contributed by atoms with Gasteiger partial charge in [-0.25, -0.2) is 14.6 Å². The Balaban J connectivity index is 1.77. The molecule has 12 nitrogen and oxygen atoms in total. The van der Waals surface area contributed by atoms with Crippen molar-refractivity contribution in [1.29, 1.82) is 0 Å². The molecule has 0 saturated carbocycles. The molecule has 1 fully saturated rings. The summed E-state index contributed by atoms with van der Waals surface area (Å²) in [6, 6.07) is -0.991. The summed E-state index contributed by atoms with van der Waals surface area (Å²) in [5, 5.41) is 26.0. The Morgan fingerprint density at radius 2 is 2.19 bits per heavy atom. The number of thioether (sulfide) groups is 3. The highest BCUT2D eigenvalue weighted by Crippen LogP contribution is 2.43. The molecule has 1 aromatic heterocycles. The van der Waals surface area contributed by atoms with E-state index in [4.69, 9.17) is 10.8 Å². The zero-order chi connectivity index (χ0) is 23.4. The monoisotopic (exact) mass is 519 g/mol. The second kappa shape index (κ2) is 10.5. The van der Waals surface area contributed by atoms with Crippen LogP contribution >= 0.6 is 46.6 Å². The zero-order valence-corrected chi connectivity index (χ0v) is 19.6. The minimum Gasteiger partial charge on any atom is -0.479 e. The van der Waals surface area contributed by atoms with Crippen molar-refractivity contribution in [3.05, 3.63) is 21.7 Å². The summed E-state index contributed by atoms with van der Waals surface area (Å²) in [5.41, 5.74) is 5.22. The number of thiazole rings is 1. The van der Waals surface area contributed by atoms with Crippen LogP contribution in [0.3, 0.4) is 0 Å². The summed E-state index contributed by atoms with van der Waals surface area (Å²) >= 11 is 5.28. The number of nitrogens with zero attached hydrogens (tertiary/aromatic N) is 3. The molecule has 32 heavy (non-hydrogen) atoms. The van der Waals surface area contributed by atoms with E-state index in [-0.39, 0.29) is 22.2 Å². The van der Waals surface area contributed by atoms with Crippen molar-refractivity contribution in [3.63, 3.8) is 0 Å². The smallest absolute Gasteiger partial charge is 0.353 e. The van der Waals surface area contributed by atoms with E-state index in [1.54, 1.807) is 11.8 Å². The third kappa shape index (κ3) is 5.13. The maximum atomic E-state index is 12.8. The number of β-lactam (4-membered cyclic amide) rings is 1. The fourth-order valence-electron chi connectivity index (χ4n) is 2.79. The largest absolute Gasteiger partial charge is 0.479 e. The predicted molar refractivity (Wildman–Crippen MR) is 122 cm³/mol. The van der Waals surface area contributed by atoms with E-state index in [1.807, 2.05) is 6.26 Å².